The fourth-order valence-electron chi connectivity index (χ4n) is 1.56. The van der Waals surface area contributed by atoms with E-state index in [2.05, 4.69) is 20.9 Å². The van der Waals surface area contributed by atoms with E-state index >= 15 is 0 Å². The van der Waals surface area contributed by atoms with Gasteiger partial charge in [0.15, 0.2) is 9.84 Å². The Balaban J connectivity index is 2.78. The van der Waals surface area contributed by atoms with Crippen LogP contribution in [0.4, 0.5) is 0 Å². The number of H-pyrrole nitrogens is 1. The van der Waals surface area contributed by atoms with Gasteiger partial charge in [-0.1, -0.05) is 22.0 Å². The highest BCUT2D eigenvalue weighted by Gasteiger charge is 2.17. The Morgan fingerprint density at radius 2 is 1.94 bits per heavy atom. The molecule has 0 aliphatic heterocycles. The fraction of sp³-hybridized carbons (Fsp3) is 0.0909. The van der Waals surface area contributed by atoms with Crippen molar-refractivity contribution in [1.29, 1.82) is 0 Å². The van der Waals surface area contributed by atoms with Gasteiger partial charge in [0.1, 0.15) is 0 Å². The third kappa shape index (κ3) is 2.05. The Kier molecular flexibility index (Phi) is 2.90. The summed E-state index contributed by atoms with van der Waals surface area (Å²) in [5.74, 6) is 0. The van der Waals surface area contributed by atoms with Crippen LogP contribution in [0.5, 0.6) is 0 Å². The lowest BCUT2D eigenvalue weighted by atomic mass is 10.1. The second-order valence-corrected chi connectivity index (χ2v) is 6.31. The standard InChI is InChI=1S/C11H10BrNO2S/c1-16(14,15)10-6-2-4-8(12)11(10)9-5-3-7-13-9/h2-7,13H,1H3. The van der Waals surface area contributed by atoms with Gasteiger partial charge in [0.25, 0.3) is 0 Å². The zero-order valence-electron chi connectivity index (χ0n) is 8.57. The molecule has 0 fully saturated rings. The molecule has 0 unspecified atom stereocenters. The Bertz CT molecular complexity index is 603. The Morgan fingerprint density at radius 1 is 1.19 bits per heavy atom. The highest BCUT2D eigenvalue weighted by Crippen LogP contribution is 2.33. The van der Waals surface area contributed by atoms with E-state index in [1.165, 1.54) is 6.26 Å². The lowest BCUT2D eigenvalue weighted by molar-refractivity contribution is 0.602. The number of rotatable bonds is 2. The topological polar surface area (TPSA) is 49.9 Å². The minimum Gasteiger partial charge on any atom is -0.361 e. The molecule has 16 heavy (non-hydrogen) atoms. The van der Waals surface area contributed by atoms with Crippen LogP contribution < -0.4 is 0 Å². The molecule has 0 saturated heterocycles. The first-order chi connectivity index (χ1) is 7.50. The van der Waals surface area contributed by atoms with E-state index in [4.69, 9.17) is 0 Å². The monoisotopic (exact) mass is 299 g/mol. The van der Waals surface area contributed by atoms with Crippen molar-refractivity contribution in [2.24, 2.45) is 0 Å². The van der Waals surface area contributed by atoms with Crippen LogP contribution in [-0.2, 0) is 9.84 Å². The summed E-state index contributed by atoms with van der Waals surface area (Å²) < 4.78 is 24.1. The largest absolute Gasteiger partial charge is 0.361 e. The first-order valence-corrected chi connectivity index (χ1v) is 7.31. The summed E-state index contributed by atoms with van der Waals surface area (Å²) in [6.07, 6.45) is 2.97. The van der Waals surface area contributed by atoms with Gasteiger partial charge in [-0.25, -0.2) is 8.42 Å². The second kappa shape index (κ2) is 4.07. The van der Waals surface area contributed by atoms with Gasteiger partial charge in [-0.15, -0.1) is 0 Å². The summed E-state index contributed by atoms with van der Waals surface area (Å²) in [5, 5.41) is 0. The Morgan fingerprint density at radius 3 is 2.50 bits per heavy atom. The second-order valence-electron chi connectivity index (χ2n) is 3.47. The van der Waals surface area contributed by atoms with E-state index in [9.17, 15) is 8.42 Å². The molecule has 0 spiro atoms. The Labute approximate surface area is 103 Å². The zero-order valence-corrected chi connectivity index (χ0v) is 11.0. The van der Waals surface area contributed by atoms with Crippen molar-refractivity contribution in [3.63, 3.8) is 0 Å². The van der Waals surface area contributed by atoms with Gasteiger partial charge in [0, 0.05) is 28.2 Å². The maximum atomic E-state index is 11.7. The Hall–Kier alpha value is -1.07. The van der Waals surface area contributed by atoms with E-state index in [0.29, 0.717) is 10.5 Å². The molecular formula is C11H10BrNO2S. The smallest absolute Gasteiger partial charge is 0.176 e. The first-order valence-electron chi connectivity index (χ1n) is 4.62. The molecule has 0 saturated carbocycles. The van der Waals surface area contributed by atoms with Crippen molar-refractivity contribution in [2.45, 2.75) is 4.90 Å². The van der Waals surface area contributed by atoms with Gasteiger partial charge in [0.05, 0.1) is 4.90 Å². The molecule has 0 radical (unpaired) electrons. The third-order valence-corrected chi connectivity index (χ3v) is 4.04. The first kappa shape index (κ1) is 11.4. The van der Waals surface area contributed by atoms with Crippen molar-refractivity contribution in [1.82, 2.24) is 4.98 Å². The summed E-state index contributed by atoms with van der Waals surface area (Å²) in [4.78, 5) is 3.34. The number of nitrogens with one attached hydrogen (secondary N) is 1. The molecule has 0 atom stereocenters. The van der Waals surface area contributed by atoms with E-state index < -0.39 is 9.84 Å². The van der Waals surface area contributed by atoms with Crippen molar-refractivity contribution in [2.75, 3.05) is 6.26 Å². The lowest BCUT2D eigenvalue weighted by Crippen LogP contribution is -2.00. The minimum absolute atomic E-state index is 0.323. The van der Waals surface area contributed by atoms with Crippen LogP contribution in [0.15, 0.2) is 45.9 Å². The molecule has 2 rings (SSSR count). The highest BCUT2D eigenvalue weighted by atomic mass is 79.9. The van der Waals surface area contributed by atoms with Crippen LogP contribution in [0.1, 0.15) is 0 Å². The van der Waals surface area contributed by atoms with Gasteiger partial charge >= 0.3 is 0 Å². The molecule has 1 heterocycles. The third-order valence-electron chi connectivity index (χ3n) is 2.24. The van der Waals surface area contributed by atoms with Crippen molar-refractivity contribution >= 4 is 25.8 Å². The van der Waals surface area contributed by atoms with Gasteiger partial charge in [-0.3, -0.25) is 0 Å². The van der Waals surface area contributed by atoms with Crippen molar-refractivity contribution in [3.05, 3.63) is 41.0 Å². The molecule has 3 nitrogen and oxygen atoms in total. The highest BCUT2D eigenvalue weighted by molar-refractivity contribution is 9.10. The zero-order chi connectivity index (χ0) is 11.8. The average Bonchev–Trinajstić information content (AvgIpc) is 2.68. The molecule has 5 heteroatoms. The van der Waals surface area contributed by atoms with Crippen molar-refractivity contribution < 1.29 is 8.42 Å². The number of hydrogen-bond acceptors (Lipinski definition) is 2. The maximum Gasteiger partial charge on any atom is 0.176 e. The normalized spacial score (nSPS) is 11.6. The molecule has 0 aliphatic rings. The summed E-state index contributed by atoms with van der Waals surface area (Å²) in [6, 6.07) is 8.82. The summed E-state index contributed by atoms with van der Waals surface area (Å²) in [5.41, 5.74) is 1.46. The maximum absolute atomic E-state index is 11.7. The molecule has 1 aromatic carbocycles. The molecule has 1 N–H and O–H groups in total. The van der Waals surface area contributed by atoms with Gasteiger partial charge in [0.2, 0.25) is 0 Å². The molecule has 0 bridgehead atoms. The van der Waals surface area contributed by atoms with E-state index in [-0.39, 0.29) is 0 Å². The SMILES string of the molecule is CS(=O)(=O)c1cccc(Br)c1-c1ccc[nH]1. The number of hydrogen-bond donors (Lipinski definition) is 1. The molecular weight excluding hydrogens is 290 g/mol. The molecule has 84 valence electrons. The number of sulfone groups is 1. The van der Waals surface area contributed by atoms with Gasteiger partial charge in [-0.2, -0.15) is 0 Å². The van der Waals surface area contributed by atoms with Crippen LogP contribution in [0.3, 0.4) is 0 Å². The quantitative estimate of drug-likeness (QED) is 0.927. The molecule has 2 aromatic rings. The molecule has 0 aliphatic carbocycles. The van der Waals surface area contributed by atoms with Crippen LogP contribution in [-0.4, -0.2) is 19.7 Å². The molecule has 1 aromatic heterocycles. The fourth-order valence-corrected chi connectivity index (χ4v) is 3.19. The summed E-state index contributed by atoms with van der Waals surface area (Å²) >= 11 is 3.38. The number of aromatic nitrogens is 1. The predicted octanol–water partition coefficient (Wildman–Crippen LogP) is 2.85. The summed E-state index contributed by atoms with van der Waals surface area (Å²) in [7, 11) is -3.23. The number of aromatic amines is 1. The minimum atomic E-state index is -3.23. The average molecular weight is 300 g/mol. The van der Waals surface area contributed by atoms with E-state index in [1.54, 1.807) is 18.3 Å². The number of benzene rings is 1. The summed E-state index contributed by atoms with van der Waals surface area (Å²) in [6.45, 7) is 0. The lowest BCUT2D eigenvalue weighted by Gasteiger charge is -2.08. The van der Waals surface area contributed by atoms with Crippen LogP contribution in [0.25, 0.3) is 11.3 Å². The van der Waals surface area contributed by atoms with E-state index in [1.807, 2.05) is 18.2 Å². The van der Waals surface area contributed by atoms with Crippen molar-refractivity contribution in [3.8, 4) is 11.3 Å². The van der Waals surface area contributed by atoms with Gasteiger partial charge in [-0.05, 0) is 24.3 Å². The predicted molar refractivity (Wildman–Crippen MR) is 67.0 cm³/mol. The van der Waals surface area contributed by atoms with Crippen LogP contribution >= 0.6 is 15.9 Å². The van der Waals surface area contributed by atoms with Gasteiger partial charge < -0.3 is 4.98 Å². The van der Waals surface area contributed by atoms with E-state index in [0.717, 1.165) is 10.2 Å². The van der Waals surface area contributed by atoms with Crippen LogP contribution in [0.2, 0.25) is 0 Å². The molecule has 0 amide bonds. The number of halogens is 1. The van der Waals surface area contributed by atoms with Crippen LogP contribution in [0, 0.1) is 0 Å².